The predicted molar refractivity (Wildman–Crippen MR) is 125 cm³/mol. The second-order valence-corrected chi connectivity index (χ2v) is 10.6. The Bertz CT molecular complexity index is 1050. The molecule has 1 atom stereocenters. The third-order valence-electron chi connectivity index (χ3n) is 5.77. The Morgan fingerprint density at radius 3 is 2.62 bits per heavy atom. The summed E-state index contributed by atoms with van der Waals surface area (Å²) >= 11 is 0. The van der Waals surface area contributed by atoms with Crippen molar-refractivity contribution in [2.45, 2.75) is 44.9 Å². The molecular formula is C24H33N3O4S. The number of carbonyl (C=O) groups is 1. The summed E-state index contributed by atoms with van der Waals surface area (Å²) < 4.78 is 32.3. The van der Waals surface area contributed by atoms with Crippen LogP contribution in [-0.2, 0) is 32.6 Å². The fourth-order valence-corrected chi connectivity index (χ4v) is 4.94. The summed E-state index contributed by atoms with van der Waals surface area (Å²) in [6.45, 7) is 9.39. The molecule has 1 aliphatic rings. The molecular weight excluding hydrogens is 426 g/mol. The molecule has 2 aromatic carbocycles. The number of nitrogens with zero attached hydrogens (tertiary/aromatic N) is 2. The van der Waals surface area contributed by atoms with E-state index in [9.17, 15) is 13.2 Å². The smallest absolute Gasteiger partial charge is 0.243 e. The highest BCUT2D eigenvalue weighted by Crippen LogP contribution is 2.18. The fraction of sp³-hybridized carbons (Fsp3) is 0.458. The largest absolute Gasteiger partial charge is 0.376 e. The number of ether oxygens (including phenoxy) is 1. The van der Waals surface area contributed by atoms with Gasteiger partial charge in [0, 0.05) is 33.2 Å². The number of likely N-dealkylation sites (N-methyl/N-ethyl adjacent to an activating group) is 1. The van der Waals surface area contributed by atoms with E-state index in [1.807, 2.05) is 26.0 Å². The summed E-state index contributed by atoms with van der Waals surface area (Å²) in [7, 11) is -2.30. The molecule has 1 unspecified atom stereocenters. The number of sulfonamides is 1. The van der Waals surface area contributed by atoms with Gasteiger partial charge in [-0.3, -0.25) is 9.69 Å². The normalized spacial score (nSPS) is 17.5. The van der Waals surface area contributed by atoms with Gasteiger partial charge in [0.2, 0.25) is 15.9 Å². The molecule has 1 fully saturated rings. The van der Waals surface area contributed by atoms with Crippen molar-refractivity contribution in [2.75, 3.05) is 33.3 Å². The van der Waals surface area contributed by atoms with E-state index in [0.717, 1.165) is 47.2 Å². The van der Waals surface area contributed by atoms with Crippen molar-refractivity contribution in [1.29, 1.82) is 0 Å². The average molecular weight is 460 g/mol. The molecule has 1 N–H and O–H groups in total. The number of rotatable bonds is 8. The summed E-state index contributed by atoms with van der Waals surface area (Å²) in [4.78, 5) is 15.0. The first-order valence-electron chi connectivity index (χ1n) is 10.9. The van der Waals surface area contributed by atoms with E-state index in [0.29, 0.717) is 6.54 Å². The summed E-state index contributed by atoms with van der Waals surface area (Å²) in [5.74, 6) is -0.340. The fourth-order valence-electron chi connectivity index (χ4n) is 3.73. The van der Waals surface area contributed by atoms with E-state index < -0.39 is 10.0 Å². The van der Waals surface area contributed by atoms with Crippen molar-refractivity contribution in [2.24, 2.45) is 0 Å². The second-order valence-electron chi connectivity index (χ2n) is 8.52. The highest BCUT2D eigenvalue weighted by atomic mass is 32.2. The van der Waals surface area contributed by atoms with E-state index in [4.69, 9.17) is 4.74 Å². The summed E-state index contributed by atoms with van der Waals surface area (Å²) in [6, 6.07) is 13.1. The molecule has 32 heavy (non-hydrogen) atoms. The number of amides is 1. The van der Waals surface area contributed by atoms with Gasteiger partial charge in [-0.2, -0.15) is 4.31 Å². The first kappa shape index (κ1) is 24.4. The Morgan fingerprint density at radius 1 is 1.16 bits per heavy atom. The van der Waals surface area contributed by atoms with Crippen molar-refractivity contribution in [3.05, 3.63) is 64.7 Å². The van der Waals surface area contributed by atoms with Crippen LogP contribution in [0, 0.1) is 13.8 Å². The molecule has 0 aliphatic carbocycles. The predicted octanol–water partition coefficient (Wildman–Crippen LogP) is 2.46. The number of morpholine rings is 1. The zero-order valence-corrected chi connectivity index (χ0v) is 20.1. The van der Waals surface area contributed by atoms with Crippen molar-refractivity contribution < 1.29 is 17.9 Å². The first-order chi connectivity index (χ1) is 15.1. The molecule has 2 aromatic rings. The van der Waals surface area contributed by atoms with Crippen LogP contribution in [0.2, 0.25) is 0 Å². The molecule has 0 radical (unpaired) electrons. The lowest BCUT2D eigenvalue weighted by Gasteiger charge is -2.31. The maximum atomic E-state index is 12.8. The SMILES string of the molecule is Cc1ccc(S(=O)(=O)N(C)CC(=O)NCc2cccc(CN3CCOC(C)C3)c2)cc1C. The molecule has 1 amide bonds. The molecule has 0 spiro atoms. The Morgan fingerprint density at radius 2 is 1.91 bits per heavy atom. The maximum Gasteiger partial charge on any atom is 0.243 e. The lowest BCUT2D eigenvalue weighted by molar-refractivity contribution is -0.121. The van der Waals surface area contributed by atoms with Gasteiger partial charge in [-0.1, -0.05) is 30.3 Å². The van der Waals surface area contributed by atoms with Gasteiger partial charge in [0.25, 0.3) is 0 Å². The van der Waals surface area contributed by atoms with Crippen LogP contribution in [0.5, 0.6) is 0 Å². The molecule has 7 nitrogen and oxygen atoms in total. The molecule has 8 heteroatoms. The zero-order chi connectivity index (χ0) is 23.3. The van der Waals surface area contributed by atoms with Crippen LogP contribution in [0.4, 0.5) is 0 Å². The van der Waals surface area contributed by atoms with E-state index in [1.54, 1.807) is 18.2 Å². The number of aryl methyl sites for hydroxylation is 2. The van der Waals surface area contributed by atoms with Crippen LogP contribution in [0.3, 0.4) is 0 Å². The number of hydrogen-bond acceptors (Lipinski definition) is 5. The quantitative estimate of drug-likeness (QED) is 0.656. The van der Waals surface area contributed by atoms with Crippen LogP contribution < -0.4 is 5.32 Å². The van der Waals surface area contributed by atoms with E-state index in [-0.39, 0.29) is 23.5 Å². The summed E-state index contributed by atoms with van der Waals surface area (Å²) in [5.41, 5.74) is 4.09. The van der Waals surface area contributed by atoms with E-state index >= 15 is 0 Å². The minimum absolute atomic E-state index is 0.195. The minimum atomic E-state index is -3.73. The van der Waals surface area contributed by atoms with Gasteiger partial charge in [0.15, 0.2) is 0 Å². The van der Waals surface area contributed by atoms with Crippen LogP contribution in [0.25, 0.3) is 0 Å². The summed E-state index contributed by atoms with van der Waals surface area (Å²) in [5, 5.41) is 2.83. The van der Waals surface area contributed by atoms with Crippen molar-refractivity contribution >= 4 is 15.9 Å². The number of hydrogen-bond donors (Lipinski definition) is 1. The number of carbonyl (C=O) groups excluding carboxylic acids is 1. The van der Waals surface area contributed by atoms with Gasteiger partial charge in [-0.15, -0.1) is 0 Å². The Kier molecular flexibility index (Phi) is 8.05. The highest BCUT2D eigenvalue weighted by molar-refractivity contribution is 7.89. The molecule has 1 heterocycles. The van der Waals surface area contributed by atoms with Crippen LogP contribution in [0.15, 0.2) is 47.4 Å². The molecule has 3 rings (SSSR count). The third kappa shape index (κ3) is 6.38. The van der Waals surface area contributed by atoms with Gasteiger partial charge < -0.3 is 10.1 Å². The van der Waals surface area contributed by atoms with E-state index in [2.05, 4.69) is 29.3 Å². The topological polar surface area (TPSA) is 79.0 Å². The third-order valence-corrected chi connectivity index (χ3v) is 7.56. The highest BCUT2D eigenvalue weighted by Gasteiger charge is 2.23. The van der Waals surface area contributed by atoms with Crippen molar-refractivity contribution in [3.63, 3.8) is 0 Å². The number of nitrogens with one attached hydrogen (secondary N) is 1. The Labute approximate surface area is 191 Å². The standard InChI is InChI=1S/C24H33N3O4S/c1-18-8-9-23(12-19(18)2)32(29,30)26(4)17-24(28)25-14-21-6-5-7-22(13-21)16-27-10-11-31-20(3)15-27/h5-9,12-13,20H,10-11,14-17H2,1-4H3,(H,25,28). The van der Waals surface area contributed by atoms with Gasteiger partial charge in [-0.25, -0.2) is 8.42 Å². The average Bonchev–Trinajstić information content (AvgIpc) is 2.74. The van der Waals surface area contributed by atoms with Crippen LogP contribution >= 0.6 is 0 Å². The van der Waals surface area contributed by atoms with Crippen LogP contribution in [0.1, 0.15) is 29.2 Å². The van der Waals surface area contributed by atoms with Crippen molar-refractivity contribution in [3.8, 4) is 0 Å². The molecule has 0 bridgehead atoms. The molecule has 1 aliphatic heterocycles. The lowest BCUT2D eigenvalue weighted by atomic mass is 10.1. The maximum absolute atomic E-state index is 12.8. The Hall–Kier alpha value is -2.26. The van der Waals surface area contributed by atoms with Gasteiger partial charge in [0.1, 0.15) is 0 Å². The lowest BCUT2D eigenvalue weighted by Crippen LogP contribution is -2.40. The van der Waals surface area contributed by atoms with Crippen molar-refractivity contribution in [1.82, 2.24) is 14.5 Å². The molecule has 1 saturated heterocycles. The Balaban J connectivity index is 1.54. The van der Waals surface area contributed by atoms with Gasteiger partial charge in [0.05, 0.1) is 24.2 Å². The first-order valence-corrected chi connectivity index (χ1v) is 12.3. The second kappa shape index (κ2) is 10.6. The summed E-state index contributed by atoms with van der Waals surface area (Å²) in [6.07, 6.45) is 0.239. The van der Waals surface area contributed by atoms with Gasteiger partial charge in [-0.05, 0) is 55.2 Å². The molecule has 0 saturated carbocycles. The van der Waals surface area contributed by atoms with Crippen LogP contribution in [-0.4, -0.2) is 62.9 Å². The zero-order valence-electron chi connectivity index (χ0n) is 19.3. The molecule has 174 valence electrons. The molecule has 0 aromatic heterocycles. The minimum Gasteiger partial charge on any atom is -0.376 e. The number of benzene rings is 2. The monoisotopic (exact) mass is 459 g/mol. The van der Waals surface area contributed by atoms with Gasteiger partial charge >= 0.3 is 0 Å². The van der Waals surface area contributed by atoms with E-state index in [1.165, 1.54) is 12.6 Å².